The van der Waals surface area contributed by atoms with E-state index in [1.807, 2.05) is 23.7 Å². The molecular formula is C19H22ClN7OS. The molecule has 0 aliphatic carbocycles. The molecule has 2 fully saturated rings. The van der Waals surface area contributed by atoms with Gasteiger partial charge in [0.15, 0.2) is 5.65 Å². The molecule has 10 heteroatoms. The quantitative estimate of drug-likeness (QED) is 0.676. The second kappa shape index (κ2) is 7.39. The van der Waals surface area contributed by atoms with E-state index in [-0.39, 0.29) is 11.5 Å². The van der Waals surface area contributed by atoms with Crippen LogP contribution in [0.4, 0.5) is 5.95 Å². The second-order valence-electron chi connectivity index (χ2n) is 7.70. The molecule has 2 aliphatic rings. The third kappa shape index (κ3) is 3.26. The van der Waals surface area contributed by atoms with E-state index < -0.39 is 0 Å². The minimum Gasteiger partial charge on any atom is -0.379 e. The number of ether oxygens (including phenoxy) is 1. The summed E-state index contributed by atoms with van der Waals surface area (Å²) in [5.74, 6) is 0.807. The van der Waals surface area contributed by atoms with Gasteiger partial charge < -0.3 is 15.4 Å². The van der Waals surface area contributed by atoms with Crippen LogP contribution in [0.15, 0.2) is 34.6 Å². The molecule has 1 spiro atoms. The van der Waals surface area contributed by atoms with Gasteiger partial charge in [0, 0.05) is 41.8 Å². The summed E-state index contributed by atoms with van der Waals surface area (Å²) in [6, 6.07) is 2.02. The van der Waals surface area contributed by atoms with Gasteiger partial charge in [-0.2, -0.15) is 9.61 Å². The van der Waals surface area contributed by atoms with E-state index in [0.29, 0.717) is 11.6 Å². The highest BCUT2D eigenvalue weighted by molar-refractivity contribution is 7.99. The topological polar surface area (TPSA) is 94.5 Å². The fourth-order valence-corrected chi connectivity index (χ4v) is 5.30. The zero-order chi connectivity index (χ0) is 20.0. The van der Waals surface area contributed by atoms with Crippen molar-refractivity contribution in [2.75, 3.05) is 31.2 Å². The van der Waals surface area contributed by atoms with E-state index in [4.69, 9.17) is 27.1 Å². The third-order valence-electron chi connectivity index (χ3n) is 6.02. The molecule has 5 rings (SSSR count). The van der Waals surface area contributed by atoms with Crippen LogP contribution in [0.2, 0.25) is 5.02 Å². The molecule has 0 saturated carbocycles. The van der Waals surface area contributed by atoms with E-state index in [0.717, 1.165) is 59.6 Å². The Balaban J connectivity index is 1.42. The van der Waals surface area contributed by atoms with Crippen molar-refractivity contribution in [1.82, 2.24) is 24.6 Å². The number of pyridine rings is 1. The number of nitrogens with zero attached hydrogens (tertiary/aromatic N) is 6. The second-order valence-corrected chi connectivity index (χ2v) is 9.16. The summed E-state index contributed by atoms with van der Waals surface area (Å²) in [6.07, 6.45) is 7.16. The van der Waals surface area contributed by atoms with Crippen molar-refractivity contribution in [2.45, 2.75) is 35.6 Å². The molecule has 8 nitrogen and oxygen atoms in total. The van der Waals surface area contributed by atoms with Gasteiger partial charge in [-0.05, 0) is 25.8 Å². The lowest BCUT2D eigenvalue weighted by atomic mass is 9.75. The molecule has 2 N–H and O–H groups in total. The van der Waals surface area contributed by atoms with Crippen molar-refractivity contribution in [3.63, 3.8) is 0 Å². The number of hydrogen-bond acceptors (Lipinski definition) is 8. The van der Waals surface area contributed by atoms with Gasteiger partial charge in [0.2, 0.25) is 5.95 Å². The van der Waals surface area contributed by atoms with Crippen LogP contribution < -0.4 is 10.6 Å². The summed E-state index contributed by atoms with van der Waals surface area (Å²) >= 11 is 7.94. The summed E-state index contributed by atoms with van der Waals surface area (Å²) in [7, 11) is 0. The lowest BCUT2D eigenvalue weighted by Crippen LogP contribution is -2.49. The highest BCUT2D eigenvalue weighted by Crippen LogP contribution is 2.40. The molecule has 3 aromatic heterocycles. The van der Waals surface area contributed by atoms with Crippen LogP contribution >= 0.6 is 23.4 Å². The molecule has 2 saturated heterocycles. The van der Waals surface area contributed by atoms with Gasteiger partial charge in [-0.3, -0.25) is 4.98 Å². The van der Waals surface area contributed by atoms with Crippen molar-refractivity contribution in [2.24, 2.45) is 11.1 Å². The number of halogens is 1. The fourth-order valence-electron chi connectivity index (χ4n) is 4.13. The lowest BCUT2D eigenvalue weighted by molar-refractivity contribution is 0.131. The first kappa shape index (κ1) is 19.0. The van der Waals surface area contributed by atoms with E-state index >= 15 is 0 Å². The molecule has 0 radical (unpaired) electrons. The Kier molecular flexibility index (Phi) is 4.85. The fraction of sp³-hybridized carbons (Fsp3) is 0.474. The van der Waals surface area contributed by atoms with Crippen molar-refractivity contribution in [1.29, 1.82) is 0 Å². The number of anilines is 1. The maximum atomic E-state index is 6.42. The Morgan fingerprint density at radius 2 is 2.07 bits per heavy atom. The van der Waals surface area contributed by atoms with Crippen LogP contribution in [0.1, 0.15) is 18.5 Å². The minimum absolute atomic E-state index is 0.101. The normalized spacial score (nSPS) is 21.3. The van der Waals surface area contributed by atoms with Gasteiger partial charge in [-0.25, -0.2) is 9.97 Å². The first-order valence-corrected chi connectivity index (χ1v) is 10.8. The van der Waals surface area contributed by atoms with Gasteiger partial charge in [-0.15, -0.1) is 0 Å². The van der Waals surface area contributed by atoms with Crippen molar-refractivity contribution < 1.29 is 4.74 Å². The summed E-state index contributed by atoms with van der Waals surface area (Å²) in [5, 5.41) is 5.08. The molecule has 2 aliphatic heterocycles. The summed E-state index contributed by atoms with van der Waals surface area (Å²) in [5.41, 5.74) is 7.99. The Morgan fingerprint density at radius 3 is 2.83 bits per heavy atom. The predicted molar refractivity (Wildman–Crippen MR) is 112 cm³/mol. The van der Waals surface area contributed by atoms with Crippen molar-refractivity contribution in [3.05, 3.63) is 35.5 Å². The highest BCUT2D eigenvalue weighted by atomic mass is 35.5. The van der Waals surface area contributed by atoms with E-state index in [2.05, 4.69) is 20.0 Å². The first-order chi connectivity index (χ1) is 14.1. The summed E-state index contributed by atoms with van der Waals surface area (Å²) < 4.78 is 7.45. The van der Waals surface area contributed by atoms with Crippen LogP contribution in [-0.2, 0) is 4.74 Å². The Bertz CT molecular complexity index is 1050. The third-order valence-corrected chi connectivity index (χ3v) is 7.68. The number of rotatable bonds is 3. The van der Waals surface area contributed by atoms with E-state index in [1.165, 1.54) is 11.8 Å². The zero-order valence-corrected chi connectivity index (χ0v) is 17.7. The average molecular weight is 432 g/mol. The molecule has 5 heterocycles. The Hall–Kier alpha value is -1.94. The molecular weight excluding hydrogens is 410 g/mol. The average Bonchev–Trinajstić information content (AvgIpc) is 3.35. The number of aromatic nitrogens is 5. The molecule has 0 unspecified atom stereocenters. The number of piperidine rings is 1. The SMILES string of the molecule is Cc1nccc(Sc2cnc(N3CCC4(CC3)COC[C@H]4N)n3ncnc23)c1Cl. The Labute approximate surface area is 177 Å². The van der Waals surface area contributed by atoms with Gasteiger partial charge in [0.25, 0.3) is 0 Å². The monoisotopic (exact) mass is 431 g/mol. The molecule has 0 amide bonds. The lowest BCUT2D eigenvalue weighted by Gasteiger charge is -2.40. The van der Waals surface area contributed by atoms with E-state index in [1.54, 1.807) is 12.5 Å². The molecule has 0 bridgehead atoms. The number of hydrogen-bond donors (Lipinski definition) is 1. The van der Waals surface area contributed by atoms with Crippen LogP contribution in [0, 0.1) is 12.3 Å². The molecule has 1 atom stereocenters. The predicted octanol–water partition coefficient (Wildman–Crippen LogP) is 2.58. The molecule has 3 aromatic rings. The van der Waals surface area contributed by atoms with E-state index in [9.17, 15) is 0 Å². The summed E-state index contributed by atoms with van der Waals surface area (Å²) in [6.45, 7) is 5.07. The zero-order valence-electron chi connectivity index (χ0n) is 16.1. The standard InChI is InChI=1S/C19H22ClN7OS/c1-12-16(20)13(2-5-22-12)29-14-8-23-18(27-17(14)24-11-25-27)26-6-3-19(4-7-26)10-28-9-15(19)21/h2,5,8,11,15H,3-4,6-7,9-10,21H2,1H3/t15-/m1/s1. The van der Waals surface area contributed by atoms with Gasteiger partial charge >= 0.3 is 0 Å². The maximum absolute atomic E-state index is 6.42. The van der Waals surface area contributed by atoms with Crippen LogP contribution in [0.5, 0.6) is 0 Å². The van der Waals surface area contributed by atoms with Crippen LogP contribution in [-0.4, -0.2) is 56.9 Å². The number of nitrogens with two attached hydrogens (primary N) is 1. The highest BCUT2D eigenvalue weighted by Gasteiger charge is 2.44. The maximum Gasteiger partial charge on any atom is 0.228 e. The smallest absolute Gasteiger partial charge is 0.228 e. The van der Waals surface area contributed by atoms with Crippen molar-refractivity contribution >= 4 is 35.0 Å². The van der Waals surface area contributed by atoms with Gasteiger partial charge in [0.05, 0.1) is 28.8 Å². The Morgan fingerprint density at radius 1 is 1.24 bits per heavy atom. The largest absolute Gasteiger partial charge is 0.379 e. The molecule has 29 heavy (non-hydrogen) atoms. The summed E-state index contributed by atoms with van der Waals surface area (Å²) in [4.78, 5) is 17.5. The van der Waals surface area contributed by atoms with Gasteiger partial charge in [0.1, 0.15) is 6.33 Å². The molecule has 0 aromatic carbocycles. The van der Waals surface area contributed by atoms with Crippen molar-refractivity contribution in [3.8, 4) is 0 Å². The van der Waals surface area contributed by atoms with Crippen LogP contribution in [0.3, 0.4) is 0 Å². The minimum atomic E-state index is 0.101. The first-order valence-electron chi connectivity index (χ1n) is 9.63. The number of aryl methyl sites for hydroxylation is 1. The van der Waals surface area contributed by atoms with Gasteiger partial charge in [-0.1, -0.05) is 23.4 Å². The van der Waals surface area contributed by atoms with Crippen LogP contribution in [0.25, 0.3) is 5.65 Å². The molecule has 152 valence electrons. The number of fused-ring (bicyclic) bond motifs is 1.